The van der Waals surface area contributed by atoms with Gasteiger partial charge in [0.25, 0.3) is 0 Å². The third-order valence-corrected chi connectivity index (χ3v) is 7.04. The van der Waals surface area contributed by atoms with Crippen LogP contribution in [0.3, 0.4) is 0 Å². The van der Waals surface area contributed by atoms with Gasteiger partial charge in [-0.15, -0.1) is 11.3 Å². The smallest absolute Gasteiger partial charge is 0.123 e. The molecular formula is C25H32N4OS. The molecule has 0 unspecified atom stereocenters. The minimum absolute atomic E-state index is 0.332. The van der Waals surface area contributed by atoms with Crippen LogP contribution in [-0.4, -0.2) is 24.7 Å². The summed E-state index contributed by atoms with van der Waals surface area (Å²) in [5.74, 6) is 0.916. The Morgan fingerprint density at radius 3 is 2.71 bits per heavy atom. The molecule has 0 spiro atoms. The highest BCUT2D eigenvalue weighted by atomic mass is 32.1. The highest BCUT2D eigenvalue weighted by Gasteiger charge is 2.25. The maximum atomic E-state index is 5.64. The average Bonchev–Trinajstić information content (AvgIpc) is 3.14. The van der Waals surface area contributed by atoms with Crippen LogP contribution in [0.1, 0.15) is 45.6 Å². The number of piperidine rings is 1. The Labute approximate surface area is 189 Å². The molecule has 0 aliphatic carbocycles. The SMILES string of the molecule is COc1ccc(NCc2nc(C)c(C)s2)cc1CN[C@H]1CCCN[C@@H]1c1ccccc1. The minimum Gasteiger partial charge on any atom is -0.496 e. The van der Waals surface area contributed by atoms with E-state index in [4.69, 9.17) is 4.74 Å². The van der Waals surface area contributed by atoms with Gasteiger partial charge in [-0.25, -0.2) is 4.98 Å². The Balaban J connectivity index is 1.43. The van der Waals surface area contributed by atoms with Gasteiger partial charge in [-0.2, -0.15) is 0 Å². The van der Waals surface area contributed by atoms with Gasteiger partial charge >= 0.3 is 0 Å². The molecule has 1 fully saturated rings. The highest BCUT2D eigenvalue weighted by Crippen LogP contribution is 2.27. The lowest BCUT2D eigenvalue weighted by atomic mass is 9.92. The molecule has 1 aromatic heterocycles. The van der Waals surface area contributed by atoms with Crippen molar-refractivity contribution in [1.29, 1.82) is 0 Å². The van der Waals surface area contributed by atoms with Crippen molar-refractivity contribution >= 4 is 17.0 Å². The maximum Gasteiger partial charge on any atom is 0.123 e. The largest absolute Gasteiger partial charge is 0.496 e. The van der Waals surface area contributed by atoms with E-state index >= 15 is 0 Å². The Bertz CT molecular complexity index is 969. The maximum absolute atomic E-state index is 5.64. The highest BCUT2D eigenvalue weighted by molar-refractivity contribution is 7.11. The van der Waals surface area contributed by atoms with Gasteiger partial charge in [-0.05, 0) is 57.0 Å². The third-order valence-electron chi connectivity index (χ3n) is 5.97. The predicted octanol–water partition coefficient (Wildman–Crippen LogP) is 4.96. The number of benzene rings is 2. The van der Waals surface area contributed by atoms with E-state index in [1.807, 2.05) is 6.07 Å². The van der Waals surface area contributed by atoms with E-state index < -0.39 is 0 Å². The molecule has 2 aromatic carbocycles. The molecule has 2 heterocycles. The van der Waals surface area contributed by atoms with Gasteiger partial charge in [0.2, 0.25) is 0 Å². The number of aromatic nitrogens is 1. The first-order valence-electron chi connectivity index (χ1n) is 11.0. The molecule has 0 amide bonds. The summed E-state index contributed by atoms with van der Waals surface area (Å²) in [7, 11) is 1.74. The molecule has 0 bridgehead atoms. The van der Waals surface area contributed by atoms with E-state index in [2.05, 4.69) is 77.2 Å². The van der Waals surface area contributed by atoms with Crippen LogP contribution in [0.5, 0.6) is 5.75 Å². The van der Waals surface area contributed by atoms with Crippen molar-refractivity contribution in [1.82, 2.24) is 15.6 Å². The summed E-state index contributed by atoms with van der Waals surface area (Å²) in [5, 5.41) is 12.1. The first-order valence-corrected chi connectivity index (χ1v) is 11.8. The number of thiazole rings is 1. The zero-order valence-electron chi connectivity index (χ0n) is 18.6. The lowest BCUT2D eigenvalue weighted by Gasteiger charge is -2.34. The van der Waals surface area contributed by atoms with Crippen molar-refractivity contribution in [2.45, 2.75) is 51.9 Å². The lowest BCUT2D eigenvalue weighted by molar-refractivity contribution is 0.303. The Kier molecular flexibility index (Phi) is 7.22. The zero-order chi connectivity index (χ0) is 21.6. The van der Waals surface area contributed by atoms with Crippen LogP contribution in [0.15, 0.2) is 48.5 Å². The van der Waals surface area contributed by atoms with E-state index in [0.717, 1.165) is 53.8 Å². The third kappa shape index (κ3) is 5.45. The molecular weight excluding hydrogens is 404 g/mol. The molecule has 1 aliphatic rings. The van der Waals surface area contributed by atoms with Crippen molar-refractivity contribution in [3.63, 3.8) is 0 Å². The fourth-order valence-electron chi connectivity index (χ4n) is 4.18. The van der Waals surface area contributed by atoms with Gasteiger partial charge in [0.15, 0.2) is 0 Å². The number of aryl methyl sites for hydroxylation is 2. The number of anilines is 1. The second-order valence-corrected chi connectivity index (χ2v) is 9.39. The van der Waals surface area contributed by atoms with E-state index in [0.29, 0.717) is 12.1 Å². The quantitative estimate of drug-likeness (QED) is 0.466. The van der Waals surface area contributed by atoms with Crippen molar-refractivity contribution in [2.75, 3.05) is 19.0 Å². The second-order valence-electron chi connectivity index (χ2n) is 8.10. The number of methoxy groups -OCH3 is 1. The number of rotatable bonds is 8. The minimum atomic E-state index is 0.332. The van der Waals surface area contributed by atoms with Crippen LogP contribution in [0.2, 0.25) is 0 Å². The molecule has 4 rings (SSSR count). The van der Waals surface area contributed by atoms with Crippen molar-refractivity contribution in [2.24, 2.45) is 0 Å². The summed E-state index contributed by atoms with van der Waals surface area (Å²) < 4.78 is 5.64. The normalized spacial score (nSPS) is 18.7. The molecule has 3 aromatic rings. The molecule has 31 heavy (non-hydrogen) atoms. The first kappa shape index (κ1) is 21.8. The van der Waals surface area contributed by atoms with Gasteiger partial charge < -0.3 is 20.7 Å². The Morgan fingerprint density at radius 2 is 1.97 bits per heavy atom. The molecule has 5 nitrogen and oxygen atoms in total. The van der Waals surface area contributed by atoms with Crippen LogP contribution in [0.4, 0.5) is 5.69 Å². The van der Waals surface area contributed by atoms with E-state index in [1.165, 1.54) is 16.9 Å². The van der Waals surface area contributed by atoms with E-state index in [-0.39, 0.29) is 0 Å². The molecule has 164 valence electrons. The number of ether oxygens (including phenoxy) is 1. The molecule has 2 atom stereocenters. The predicted molar refractivity (Wildman–Crippen MR) is 129 cm³/mol. The van der Waals surface area contributed by atoms with E-state index in [9.17, 15) is 0 Å². The number of hydrogen-bond donors (Lipinski definition) is 3. The molecule has 0 radical (unpaired) electrons. The molecule has 6 heteroatoms. The number of nitrogens with zero attached hydrogens (tertiary/aromatic N) is 1. The lowest BCUT2D eigenvalue weighted by Crippen LogP contribution is -2.45. The summed E-state index contributed by atoms with van der Waals surface area (Å²) in [6.07, 6.45) is 2.35. The number of nitrogens with one attached hydrogen (secondary N) is 3. The van der Waals surface area contributed by atoms with Crippen LogP contribution in [-0.2, 0) is 13.1 Å². The van der Waals surface area contributed by atoms with Crippen molar-refractivity contribution in [3.05, 3.63) is 75.2 Å². The Morgan fingerprint density at radius 1 is 1.13 bits per heavy atom. The summed E-state index contributed by atoms with van der Waals surface area (Å²) in [4.78, 5) is 5.91. The fourth-order valence-corrected chi connectivity index (χ4v) is 5.05. The van der Waals surface area contributed by atoms with Gasteiger partial charge in [-0.3, -0.25) is 0 Å². The fraction of sp³-hybridized carbons (Fsp3) is 0.400. The topological polar surface area (TPSA) is 58.2 Å². The van der Waals surface area contributed by atoms with Crippen molar-refractivity contribution in [3.8, 4) is 5.75 Å². The molecule has 0 saturated carbocycles. The van der Waals surface area contributed by atoms with Gasteiger partial charge in [0, 0.05) is 34.8 Å². The summed E-state index contributed by atoms with van der Waals surface area (Å²) >= 11 is 1.76. The summed E-state index contributed by atoms with van der Waals surface area (Å²) in [6, 6.07) is 17.8. The standard InChI is InChI=1S/C25H32N4OS/c1-17-18(2)31-24(29-17)16-27-21-11-12-23(30-3)20(14-21)15-28-22-10-7-13-26-25(22)19-8-5-4-6-9-19/h4-6,8-9,11-12,14,22,25-28H,7,10,13,15-16H2,1-3H3/t22-,25+/m0/s1. The Hall–Kier alpha value is -2.41. The van der Waals surface area contributed by atoms with Crippen molar-refractivity contribution < 1.29 is 4.74 Å². The summed E-state index contributed by atoms with van der Waals surface area (Å²) in [5.41, 5.74) is 4.72. The molecule has 3 N–H and O–H groups in total. The average molecular weight is 437 g/mol. The molecule has 1 aliphatic heterocycles. The van der Waals surface area contributed by atoms with Gasteiger partial charge in [-0.1, -0.05) is 30.3 Å². The van der Waals surface area contributed by atoms with Crippen LogP contribution < -0.4 is 20.7 Å². The van der Waals surface area contributed by atoms with Gasteiger partial charge in [0.1, 0.15) is 10.8 Å². The number of hydrogen-bond acceptors (Lipinski definition) is 6. The first-order chi connectivity index (χ1) is 15.1. The second kappa shape index (κ2) is 10.3. The van der Waals surface area contributed by atoms with Gasteiger partial charge in [0.05, 0.1) is 19.3 Å². The van der Waals surface area contributed by atoms with Crippen LogP contribution in [0, 0.1) is 13.8 Å². The monoisotopic (exact) mass is 436 g/mol. The zero-order valence-corrected chi connectivity index (χ0v) is 19.4. The molecule has 1 saturated heterocycles. The van der Waals surface area contributed by atoms with E-state index in [1.54, 1.807) is 18.4 Å². The van der Waals surface area contributed by atoms with Crippen LogP contribution >= 0.6 is 11.3 Å². The van der Waals surface area contributed by atoms with Crippen LogP contribution in [0.25, 0.3) is 0 Å². The summed E-state index contributed by atoms with van der Waals surface area (Å²) in [6.45, 7) is 6.76.